The van der Waals surface area contributed by atoms with E-state index >= 15 is 0 Å². The molecule has 2 aromatic carbocycles. The number of carbonyl (C=O) groups is 2. The summed E-state index contributed by atoms with van der Waals surface area (Å²) in [6.07, 6.45) is 0.658. The van der Waals surface area contributed by atoms with Crippen LogP contribution in [0.1, 0.15) is 23.4 Å². The number of esters is 1. The molecule has 1 N–H and O–H groups in total. The number of methoxy groups -OCH3 is 1. The van der Waals surface area contributed by atoms with Crippen molar-refractivity contribution >= 4 is 17.6 Å². The van der Waals surface area contributed by atoms with E-state index in [9.17, 15) is 9.59 Å². The summed E-state index contributed by atoms with van der Waals surface area (Å²) >= 11 is 0. The number of nitrogens with zero attached hydrogens (tertiary/aromatic N) is 2. The maximum Gasteiger partial charge on any atom is 0.306 e. The zero-order valence-corrected chi connectivity index (χ0v) is 17.3. The molecule has 0 aliphatic carbocycles. The number of hydrogen-bond donors (Lipinski definition) is 1. The Labute approximate surface area is 175 Å². The average molecular weight is 407 g/mol. The van der Waals surface area contributed by atoms with Gasteiger partial charge in [-0.1, -0.05) is 24.3 Å². The third-order valence-corrected chi connectivity index (χ3v) is 4.74. The molecule has 1 aromatic heterocycles. The van der Waals surface area contributed by atoms with Crippen LogP contribution in [0.5, 0.6) is 5.75 Å². The van der Waals surface area contributed by atoms with Crippen LogP contribution in [0.25, 0.3) is 5.69 Å². The van der Waals surface area contributed by atoms with E-state index in [0.717, 1.165) is 28.4 Å². The van der Waals surface area contributed by atoms with Gasteiger partial charge in [-0.3, -0.25) is 9.59 Å². The fraction of sp³-hybridized carbons (Fsp3) is 0.261. The third-order valence-electron chi connectivity index (χ3n) is 4.74. The van der Waals surface area contributed by atoms with Crippen molar-refractivity contribution < 1.29 is 19.1 Å². The van der Waals surface area contributed by atoms with E-state index in [1.165, 1.54) is 0 Å². The summed E-state index contributed by atoms with van der Waals surface area (Å²) in [6.45, 7) is 3.57. The summed E-state index contributed by atoms with van der Waals surface area (Å²) in [7, 11) is 1.62. The largest absolute Gasteiger partial charge is 0.497 e. The Morgan fingerprint density at radius 1 is 1.07 bits per heavy atom. The second-order valence-corrected chi connectivity index (χ2v) is 6.84. The Morgan fingerprint density at radius 3 is 2.57 bits per heavy atom. The molecule has 1 heterocycles. The molecule has 0 bridgehead atoms. The van der Waals surface area contributed by atoms with Crippen molar-refractivity contribution in [2.75, 3.05) is 19.0 Å². The number of hydrogen-bond acceptors (Lipinski definition) is 5. The predicted molar refractivity (Wildman–Crippen MR) is 114 cm³/mol. The van der Waals surface area contributed by atoms with E-state index in [4.69, 9.17) is 9.47 Å². The number of nitrogens with one attached hydrogen (secondary N) is 1. The number of ether oxygens (including phenoxy) is 2. The summed E-state index contributed by atoms with van der Waals surface area (Å²) in [5, 5.41) is 7.28. The third kappa shape index (κ3) is 5.26. The first-order chi connectivity index (χ1) is 14.5. The molecule has 0 fully saturated rings. The fourth-order valence-electron chi connectivity index (χ4n) is 3.19. The van der Waals surface area contributed by atoms with Crippen molar-refractivity contribution in [2.24, 2.45) is 0 Å². The van der Waals surface area contributed by atoms with Crippen LogP contribution < -0.4 is 10.1 Å². The number of aromatic nitrogens is 2. The van der Waals surface area contributed by atoms with Crippen molar-refractivity contribution in [3.8, 4) is 11.4 Å². The monoisotopic (exact) mass is 407 g/mol. The molecule has 0 radical (unpaired) electrons. The zero-order valence-electron chi connectivity index (χ0n) is 17.3. The summed E-state index contributed by atoms with van der Waals surface area (Å²) in [6, 6.07) is 16.7. The quantitative estimate of drug-likeness (QED) is 0.577. The summed E-state index contributed by atoms with van der Waals surface area (Å²) in [5.74, 6) is -0.0437. The van der Waals surface area contributed by atoms with E-state index in [0.29, 0.717) is 12.1 Å². The molecule has 0 unspecified atom stereocenters. The van der Waals surface area contributed by atoms with E-state index < -0.39 is 5.97 Å². The van der Waals surface area contributed by atoms with Crippen LogP contribution in [0.2, 0.25) is 0 Å². The summed E-state index contributed by atoms with van der Waals surface area (Å²) in [5.41, 5.74) is 4.35. The highest BCUT2D eigenvalue weighted by atomic mass is 16.5. The molecule has 0 aliphatic rings. The first-order valence-electron chi connectivity index (χ1n) is 9.68. The molecule has 3 rings (SSSR count). The second kappa shape index (κ2) is 9.73. The van der Waals surface area contributed by atoms with Gasteiger partial charge in [0.1, 0.15) is 5.75 Å². The molecule has 0 saturated heterocycles. The molecule has 0 spiro atoms. The van der Waals surface area contributed by atoms with Crippen LogP contribution in [-0.2, 0) is 20.7 Å². The number of aryl methyl sites for hydroxylation is 1. The molecule has 7 nitrogen and oxygen atoms in total. The minimum Gasteiger partial charge on any atom is -0.497 e. The van der Waals surface area contributed by atoms with Crippen LogP contribution in [0.3, 0.4) is 0 Å². The Morgan fingerprint density at radius 2 is 1.83 bits per heavy atom. The van der Waals surface area contributed by atoms with Gasteiger partial charge in [-0.25, -0.2) is 4.68 Å². The van der Waals surface area contributed by atoms with Crippen LogP contribution in [0.15, 0.2) is 54.6 Å². The number of benzene rings is 2. The van der Waals surface area contributed by atoms with Crippen LogP contribution in [0.4, 0.5) is 5.69 Å². The van der Waals surface area contributed by atoms with Gasteiger partial charge in [0.25, 0.3) is 5.91 Å². The van der Waals surface area contributed by atoms with E-state index in [-0.39, 0.29) is 18.9 Å². The van der Waals surface area contributed by atoms with Gasteiger partial charge in [-0.05, 0) is 50.1 Å². The van der Waals surface area contributed by atoms with Gasteiger partial charge < -0.3 is 14.8 Å². The van der Waals surface area contributed by atoms with Crippen molar-refractivity contribution in [1.29, 1.82) is 0 Å². The molecule has 1 amide bonds. The van der Waals surface area contributed by atoms with E-state index in [1.54, 1.807) is 19.2 Å². The lowest BCUT2D eigenvalue weighted by Crippen LogP contribution is -2.21. The van der Waals surface area contributed by atoms with Crippen LogP contribution in [-0.4, -0.2) is 35.4 Å². The van der Waals surface area contributed by atoms with E-state index in [2.05, 4.69) is 10.4 Å². The predicted octanol–water partition coefficient (Wildman–Crippen LogP) is 3.61. The van der Waals surface area contributed by atoms with Gasteiger partial charge in [0, 0.05) is 23.9 Å². The second-order valence-electron chi connectivity index (χ2n) is 6.84. The smallest absolute Gasteiger partial charge is 0.306 e. The van der Waals surface area contributed by atoms with E-state index in [1.807, 2.05) is 61.0 Å². The highest BCUT2D eigenvalue weighted by molar-refractivity contribution is 5.92. The highest BCUT2D eigenvalue weighted by Crippen LogP contribution is 2.22. The highest BCUT2D eigenvalue weighted by Gasteiger charge is 2.16. The molecular formula is C23H25N3O4. The van der Waals surface area contributed by atoms with Gasteiger partial charge in [0.05, 0.1) is 18.5 Å². The van der Waals surface area contributed by atoms with Crippen LogP contribution >= 0.6 is 0 Å². The Balaban J connectivity index is 1.56. The fourth-order valence-corrected chi connectivity index (χ4v) is 3.19. The van der Waals surface area contributed by atoms with Gasteiger partial charge in [-0.2, -0.15) is 5.10 Å². The zero-order chi connectivity index (χ0) is 21.5. The maximum atomic E-state index is 12.1. The molecule has 0 aliphatic heterocycles. The van der Waals surface area contributed by atoms with Gasteiger partial charge in [0.2, 0.25) is 0 Å². The topological polar surface area (TPSA) is 82.5 Å². The molecule has 156 valence electrons. The lowest BCUT2D eigenvalue weighted by Gasteiger charge is -2.08. The summed E-state index contributed by atoms with van der Waals surface area (Å²) < 4.78 is 12.2. The Hall–Kier alpha value is -3.61. The Kier molecular flexibility index (Phi) is 6.85. The lowest BCUT2D eigenvalue weighted by atomic mass is 10.1. The molecule has 7 heteroatoms. The van der Waals surface area contributed by atoms with Crippen molar-refractivity contribution in [3.63, 3.8) is 0 Å². The molecule has 30 heavy (non-hydrogen) atoms. The Bertz CT molecular complexity index is 1030. The number of carbonyl (C=O) groups excluding carboxylic acids is 2. The van der Waals surface area contributed by atoms with Crippen molar-refractivity contribution in [1.82, 2.24) is 9.78 Å². The number of para-hydroxylation sites is 1. The van der Waals surface area contributed by atoms with Gasteiger partial charge in [0.15, 0.2) is 6.61 Å². The lowest BCUT2D eigenvalue weighted by molar-refractivity contribution is -0.147. The van der Waals surface area contributed by atoms with Gasteiger partial charge in [-0.15, -0.1) is 0 Å². The number of amides is 1. The molecule has 0 atom stereocenters. The molecule has 3 aromatic rings. The van der Waals surface area contributed by atoms with Crippen molar-refractivity contribution in [3.05, 3.63) is 71.5 Å². The van der Waals surface area contributed by atoms with Crippen LogP contribution in [0, 0.1) is 13.8 Å². The average Bonchev–Trinajstić information content (AvgIpc) is 3.05. The SMILES string of the molecule is COc1cccc(-n2nc(C)c(CCC(=O)OCC(=O)Nc3ccccc3)c2C)c1. The summed E-state index contributed by atoms with van der Waals surface area (Å²) in [4.78, 5) is 24.0. The van der Waals surface area contributed by atoms with Gasteiger partial charge >= 0.3 is 5.97 Å². The minimum absolute atomic E-state index is 0.171. The number of rotatable bonds is 8. The number of anilines is 1. The first kappa shape index (κ1) is 21.1. The standard InChI is InChI=1S/C23H25N3O4/c1-16-21(17(2)26(25-16)19-10-7-11-20(14-19)29-3)12-13-23(28)30-15-22(27)24-18-8-5-4-6-9-18/h4-11,14H,12-13,15H2,1-3H3,(H,24,27). The van der Waals surface area contributed by atoms with Crippen molar-refractivity contribution in [2.45, 2.75) is 26.7 Å². The molecular weight excluding hydrogens is 382 g/mol. The molecule has 0 saturated carbocycles. The minimum atomic E-state index is -0.425. The normalized spacial score (nSPS) is 10.5. The first-order valence-corrected chi connectivity index (χ1v) is 9.68. The maximum absolute atomic E-state index is 12.1.